The number of phenols is 1. The number of carbonyl (C=O) groups is 2. The number of aromatic nitrogens is 1. The molecule has 0 aliphatic carbocycles. The SMILES string of the molecule is CCOc1cc(C2/C(=C(/O)c3ccc(F)cc3)C(=O)C(=O)N2CCc2c[nH]c3ccccc23)ccc1O. The minimum Gasteiger partial charge on any atom is -0.507 e. The molecule has 3 N–H and O–H groups in total. The summed E-state index contributed by atoms with van der Waals surface area (Å²) in [6, 6.07) is 16.5. The molecule has 0 bridgehead atoms. The second-order valence-electron chi connectivity index (χ2n) is 8.77. The van der Waals surface area contributed by atoms with Gasteiger partial charge in [0.05, 0.1) is 18.2 Å². The van der Waals surface area contributed by atoms with Crippen LogP contribution in [0.25, 0.3) is 16.7 Å². The summed E-state index contributed by atoms with van der Waals surface area (Å²) in [5.74, 6) is -2.36. The number of likely N-dealkylation sites (tertiary alicyclic amines) is 1. The molecule has 2 heterocycles. The number of aromatic amines is 1. The van der Waals surface area contributed by atoms with E-state index in [9.17, 15) is 24.2 Å². The second kappa shape index (κ2) is 9.81. The number of hydrogen-bond donors (Lipinski definition) is 3. The average Bonchev–Trinajstić information content (AvgIpc) is 3.42. The van der Waals surface area contributed by atoms with Crippen LogP contribution < -0.4 is 4.74 Å². The molecule has 0 spiro atoms. The van der Waals surface area contributed by atoms with E-state index in [0.717, 1.165) is 16.5 Å². The summed E-state index contributed by atoms with van der Waals surface area (Å²) in [4.78, 5) is 31.2. The van der Waals surface area contributed by atoms with Crippen LogP contribution in [0.1, 0.15) is 29.7 Å². The van der Waals surface area contributed by atoms with Crippen molar-refractivity contribution in [2.75, 3.05) is 13.2 Å². The van der Waals surface area contributed by atoms with Crippen molar-refractivity contribution < 1.29 is 28.9 Å². The lowest BCUT2D eigenvalue weighted by Crippen LogP contribution is -2.31. The third kappa shape index (κ3) is 4.42. The summed E-state index contributed by atoms with van der Waals surface area (Å²) in [6.07, 6.45) is 2.34. The Morgan fingerprint density at radius 2 is 1.84 bits per heavy atom. The predicted octanol–water partition coefficient (Wildman–Crippen LogP) is 5.08. The fourth-order valence-corrected chi connectivity index (χ4v) is 4.77. The minimum atomic E-state index is -0.935. The normalized spacial score (nSPS) is 17.0. The lowest BCUT2D eigenvalue weighted by Gasteiger charge is -2.26. The number of halogens is 1. The van der Waals surface area contributed by atoms with Gasteiger partial charge in [0.2, 0.25) is 0 Å². The molecule has 1 aliphatic heterocycles. The topological polar surface area (TPSA) is 103 Å². The summed E-state index contributed by atoms with van der Waals surface area (Å²) in [6.45, 7) is 2.27. The quantitative estimate of drug-likeness (QED) is 0.187. The highest BCUT2D eigenvalue weighted by molar-refractivity contribution is 6.46. The maximum Gasteiger partial charge on any atom is 0.295 e. The molecule has 1 aromatic heterocycles. The summed E-state index contributed by atoms with van der Waals surface area (Å²) in [5.41, 5.74) is 2.54. The molecule has 188 valence electrons. The highest BCUT2D eigenvalue weighted by Crippen LogP contribution is 2.42. The third-order valence-corrected chi connectivity index (χ3v) is 6.55. The van der Waals surface area contributed by atoms with Gasteiger partial charge in [0.25, 0.3) is 11.7 Å². The Morgan fingerprint density at radius 1 is 1.08 bits per heavy atom. The minimum absolute atomic E-state index is 0.0834. The Labute approximate surface area is 212 Å². The first-order valence-electron chi connectivity index (χ1n) is 11.9. The van der Waals surface area contributed by atoms with E-state index in [1.165, 1.54) is 35.2 Å². The number of aliphatic hydroxyl groups excluding tert-OH is 1. The highest BCUT2D eigenvalue weighted by Gasteiger charge is 2.46. The molecular formula is C29H25FN2O5. The number of fused-ring (bicyclic) bond motifs is 1. The van der Waals surface area contributed by atoms with Crippen molar-refractivity contribution in [3.05, 3.63) is 101 Å². The van der Waals surface area contributed by atoms with Gasteiger partial charge in [0.15, 0.2) is 11.5 Å². The molecule has 1 saturated heterocycles. The molecule has 1 unspecified atom stereocenters. The lowest BCUT2D eigenvalue weighted by molar-refractivity contribution is -0.139. The zero-order chi connectivity index (χ0) is 26.1. The number of para-hydroxylation sites is 1. The van der Waals surface area contributed by atoms with E-state index in [0.29, 0.717) is 18.6 Å². The molecule has 1 fully saturated rings. The van der Waals surface area contributed by atoms with Crippen molar-refractivity contribution in [1.82, 2.24) is 9.88 Å². The van der Waals surface area contributed by atoms with E-state index >= 15 is 0 Å². The number of nitrogens with zero attached hydrogens (tertiary/aromatic N) is 1. The van der Waals surface area contributed by atoms with Gasteiger partial charge in [-0.05, 0) is 66.9 Å². The zero-order valence-corrected chi connectivity index (χ0v) is 20.1. The van der Waals surface area contributed by atoms with Crippen LogP contribution in [-0.4, -0.2) is 44.9 Å². The summed E-state index contributed by atoms with van der Waals surface area (Å²) < 4.78 is 19.0. The van der Waals surface area contributed by atoms with Gasteiger partial charge in [-0.25, -0.2) is 4.39 Å². The summed E-state index contributed by atoms with van der Waals surface area (Å²) in [5, 5.41) is 22.4. The molecule has 4 aromatic rings. The standard InChI is InChI=1S/C29H25FN2O5/c1-2-37-24-15-18(9-12-23(24)33)26-25(27(34)17-7-10-20(30)11-8-17)28(35)29(36)32(26)14-13-19-16-31-22-6-4-3-5-21(19)22/h3-12,15-16,26,31,33-34H,2,13-14H2,1H3/b27-25-. The van der Waals surface area contributed by atoms with Crippen LogP contribution in [-0.2, 0) is 16.0 Å². The Balaban J connectivity index is 1.59. The highest BCUT2D eigenvalue weighted by atomic mass is 19.1. The Hall–Kier alpha value is -4.59. The molecule has 37 heavy (non-hydrogen) atoms. The van der Waals surface area contributed by atoms with Crippen LogP contribution in [0.3, 0.4) is 0 Å². The number of ether oxygens (including phenoxy) is 1. The van der Waals surface area contributed by atoms with Gasteiger partial charge < -0.3 is 24.8 Å². The molecule has 8 heteroatoms. The van der Waals surface area contributed by atoms with E-state index in [-0.39, 0.29) is 29.2 Å². The van der Waals surface area contributed by atoms with Crippen LogP contribution in [0.15, 0.2) is 78.5 Å². The first-order valence-corrected chi connectivity index (χ1v) is 11.9. The Morgan fingerprint density at radius 3 is 2.59 bits per heavy atom. The number of carbonyl (C=O) groups excluding carboxylic acids is 2. The van der Waals surface area contributed by atoms with E-state index < -0.39 is 29.3 Å². The largest absolute Gasteiger partial charge is 0.507 e. The second-order valence-corrected chi connectivity index (χ2v) is 8.77. The van der Waals surface area contributed by atoms with Crippen molar-refractivity contribution >= 4 is 28.4 Å². The van der Waals surface area contributed by atoms with Crippen molar-refractivity contribution in [2.45, 2.75) is 19.4 Å². The number of nitrogens with one attached hydrogen (secondary N) is 1. The van der Waals surface area contributed by atoms with Crippen molar-refractivity contribution in [2.24, 2.45) is 0 Å². The molecule has 3 aromatic carbocycles. The van der Waals surface area contributed by atoms with E-state index in [4.69, 9.17) is 4.74 Å². The fraction of sp³-hybridized carbons (Fsp3) is 0.172. The van der Waals surface area contributed by atoms with Gasteiger partial charge >= 0.3 is 0 Å². The third-order valence-electron chi connectivity index (χ3n) is 6.55. The molecule has 7 nitrogen and oxygen atoms in total. The van der Waals surface area contributed by atoms with Gasteiger partial charge in [-0.1, -0.05) is 24.3 Å². The predicted molar refractivity (Wildman–Crippen MR) is 137 cm³/mol. The zero-order valence-electron chi connectivity index (χ0n) is 20.1. The maximum atomic E-state index is 13.5. The van der Waals surface area contributed by atoms with Crippen LogP contribution in [0.2, 0.25) is 0 Å². The van der Waals surface area contributed by atoms with Gasteiger partial charge in [-0.15, -0.1) is 0 Å². The smallest absolute Gasteiger partial charge is 0.295 e. The van der Waals surface area contributed by atoms with Crippen molar-refractivity contribution in [1.29, 1.82) is 0 Å². The number of amides is 1. The van der Waals surface area contributed by atoms with Crippen molar-refractivity contribution in [3.63, 3.8) is 0 Å². The number of phenolic OH excluding ortho intramolecular Hbond substituents is 1. The van der Waals surface area contributed by atoms with Crippen LogP contribution in [0, 0.1) is 5.82 Å². The van der Waals surface area contributed by atoms with Gasteiger partial charge in [-0.3, -0.25) is 9.59 Å². The van der Waals surface area contributed by atoms with Gasteiger partial charge in [0, 0.05) is 29.2 Å². The van der Waals surface area contributed by atoms with Crippen LogP contribution >= 0.6 is 0 Å². The number of aromatic hydroxyl groups is 1. The molecule has 1 atom stereocenters. The number of hydrogen-bond acceptors (Lipinski definition) is 5. The number of rotatable bonds is 7. The van der Waals surface area contributed by atoms with Gasteiger partial charge in [-0.2, -0.15) is 0 Å². The number of aliphatic hydroxyl groups is 1. The van der Waals surface area contributed by atoms with E-state index in [2.05, 4.69) is 4.98 Å². The number of ketones is 1. The fourth-order valence-electron chi connectivity index (χ4n) is 4.77. The van der Waals surface area contributed by atoms with E-state index in [1.54, 1.807) is 19.1 Å². The number of benzene rings is 3. The first-order chi connectivity index (χ1) is 17.9. The molecule has 1 aliphatic rings. The molecular weight excluding hydrogens is 475 g/mol. The average molecular weight is 501 g/mol. The molecule has 1 amide bonds. The number of H-pyrrole nitrogens is 1. The van der Waals surface area contributed by atoms with Gasteiger partial charge in [0.1, 0.15) is 11.6 Å². The molecule has 0 radical (unpaired) electrons. The first kappa shape index (κ1) is 24.1. The Bertz CT molecular complexity index is 1520. The molecule has 5 rings (SSSR count). The van der Waals surface area contributed by atoms with Crippen LogP contribution in [0.4, 0.5) is 4.39 Å². The Kier molecular flexibility index (Phi) is 6.40. The van der Waals surface area contributed by atoms with Crippen molar-refractivity contribution in [3.8, 4) is 11.5 Å². The van der Waals surface area contributed by atoms with E-state index in [1.807, 2.05) is 30.5 Å². The lowest BCUT2D eigenvalue weighted by atomic mass is 9.94. The summed E-state index contributed by atoms with van der Waals surface area (Å²) in [7, 11) is 0. The number of Topliss-reactive ketones (excluding diaryl/α,β-unsaturated/α-hetero) is 1. The summed E-state index contributed by atoms with van der Waals surface area (Å²) >= 11 is 0. The maximum absolute atomic E-state index is 13.5. The monoisotopic (exact) mass is 500 g/mol. The molecule has 0 saturated carbocycles. The van der Waals surface area contributed by atoms with Crippen LogP contribution in [0.5, 0.6) is 11.5 Å².